The number of rotatable bonds is 6. The fraction of sp³-hybridized carbons (Fsp3) is 0.333. The van der Waals surface area contributed by atoms with Crippen molar-refractivity contribution in [1.29, 1.82) is 0 Å². The van der Waals surface area contributed by atoms with Crippen LogP contribution in [0.25, 0.3) is 0 Å². The lowest BCUT2D eigenvalue weighted by atomic mass is 9.72. The van der Waals surface area contributed by atoms with E-state index in [-0.39, 0.29) is 48.6 Å². The van der Waals surface area contributed by atoms with Gasteiger partial charge >= 0.3 is 11.9 Å². The van der Waals surface area contributed by atoms with E-state index in [0.29, 0.717) is 5.75 Å². The van der Waals surface area contributed by atoms with E-state index in [1.54, 1.807) is 0 Å². The Kier molecular flexibility index (Phi) is 7.30. The van der Waals surface area contributed by atoms with E-state index in [0.717, 1.165) is 33.5 Å². The molecule has 4 aromatic rings. The molecule has 0 saturated carbocycles. The number of aryl methyl sites for hydroxylation is 1. The van der Waals surface area contributed by atoms with Crippen molar-refractivity contribution < 1.29 is 33.0 Å². The summed E-state index contributed by atoms with van der Waals surface area (Å²) >= 11 is 0. The van der Waals surface area contributed by atoms with Gasteiger partial charge in [0.15, 0.2) is 17.7 Å². The van der Waals surface area contributed by atoms with Crippen LogP contribution < -0.4 is 15.4 Å². The van der Waals surface area contributed by atoms with E-state index in [9.17, 15) is 14.4 Å². The maximum absolute atomic E-state index is 14.0. The standard InChI is InChI=1S/C36H35N3O7/c1-19(2)28-33-38-30(34(42)43-4)31(46-33)36-24-12-8-9-20(3)29(24)39-35(36)45-26-14-13-22(16-25(26)36)15-23(32(41)37-28)17-27(40)44-18-21-10-6-5-7-11-21/h5-14,16,19,23,28,35,39H,15,17-18H2,1-4H3,(H,37,41)/t23-,28+,35+,36?/m1/s1. The number of hydrogen-bond acceptors (Lipinski definition) is 9. The van der Waals surface area contributed by atoms with Crippen LogP contribution in [-0.4, -0.2) is 36.2 Å². The summed E-state index contributed by atoms with van der Waals surface area (Å²) in [7, 11) is 1.30. The van der Waals surface area contributed by atoms with Gasteiger partial charge in [0.25, 0.3) is 0 Å². The summed E-state index contributed by atoms with van der Waals surface area (Å²) in [6.07, 6.45) is -0.495. The minimum absolute atomic E-state index is 0.0145. The van der Waals surface area contributed by atoms with Crippen LogP contribution in [0.1, 0.15) is 76.3 Å². The third-order valence-electron chi connectivity index (χ3n) is 9.20. The number of nitrogens with one attached hydrogen (secondary N) is 2. The Balaban J connectivity index is 1.37. The van der Waals surface area contributed by atoms with E-state index in [1.807, 2.05) is 87.5 Å². The number of carbonyl (C=O) groups excluding carboxylic acids is 3. The molecular formula is C36H35N3O7. The molecule has 4 atom stereocenters. The van der Waals surface area contributed by atoms with Crippen molar-refractivity contribution in [2.45, 2.75) is 57.9 Å². The molecule has 1 amide bonds. The molecule has 1 aromatic heterocycles. The summed E-state index contributed by atoms with van der Waals surface area (Å²) < 4.78 is 24.0. The van der Waals surface area contributed by atoms with Gasteiger partial charge in [0.05, 0.1) is 19.4 Å². The highest BCUT2D eigenvalue weighted by Gasteiger charge is 2.61. The van der Waals surface area contributed by atoms with Gasteiger partial charge in [0, 0.05) is 11.3 Å². The van der Waals surface area contributed by atoms with Gasteiger partial charge in [-0.05, 0) is 47.6 Å². The van der Waals surface area contributed by atoms with E-state index in [2.05, 4.69) is 10.6 Å². The molecule has 0 saturated heterocycles. The molecule has 3 aliphatic rings. The Morgan fingerprint density at radius 1 is 1.04 bits per heavy atom. The molecular weight excluding hydrogens is 586 g/mol. The number of fused-ring (bicyclic) bond motifs is 4. The predicted octanol–water partition coefficient (Wildman–Crippen LogP) is 5.37. The Morgan fingerprint density at radius 3 is 2.61 bits per heavy atom. The number of para-hydroxylation sites is 1. The summed E-state index contributed by atoms with van der Waals surface area (Å²) in [5.41, 5.74) is 4.15. The maximum atomic E-state index is 14.0. The van der Waals surface area contributed by atoms with Gasteiger partial charge in [0.1, 0.15) is 23.8 Å². The number of methoxy groups -OCH3 is 1. The van der Waals surface area contributed by atoms with Gasteiger partial charge in [-0.2, -0.15) is 0 Å². The van der Waals surface area contributed by atoms with Crippen LogP contribution in [0.15, 0.2) is 71.1 Å². The van der Waals surface area contributed by atoms with E-state index >= 15 is 0 Å². The molecule has 1 unspecified atom stereocenters. The van der Waals surface area contributed by atoms with Crippen LogP contribution in [0.5, 0.6) is 5.75 Å². The number of anilines is 1. The van der Waals surface area contributed by atoms with Crippen LogP contribution in [-0.2, 0) is 37.5 Å². The van der Waals surface area contributed by atoms with Crippen LogP contribution in [0.4, 0.5) is 5.69 Å². The number of hydrogen-bond donors (Lipinski definition) is 2. The number of nitrogens with zero attached hydrogens (tertiary/aromatic N) is 1. The van der Waals surface area contributed by atoms with Crippen molar-refractivity contribution >= 4 is 23.5 Å². The molecule has 0 fully saturated rings. The second-order valence-corrected chi connectivity index (χ2v) is 12.5. The van der Waals surface area contributed by atoms with Gasteiger partial charge < -0.3 is 29.3 Å². The first kappa shape index (κ1) is 29.6. The lowest BCUT2D eigenvalue weighted by Crippen LogP contribution is -2.41. The highest BCUT2D eigenvalue weighted by Crippen LogP contribution is 2.59. The summed E-state index contributed by atoms with van der Waals surface area (Å²) in [6, 6.07) is 20.4. The van der Waals surface area contributed by atoms with E-state index in [4.69, 9.17) is 23.6 Å². The Labute approximate surface area is 266 Å². The van der Waals surface area contributed by atoms with Gasteiger partial charge in [-0.3, -0.25) is 9.59 Å². The zero-order valence-electron chi connectivity index (χ0n) is 26.1. The monoisotopic (exact) mass is 621 g/mol. The van der Waals surface area contributed by atoms with Gasteiger partial charge in [-0.25, -0.2) is 9.78 Å². The quantitative estimate of drug-likeness (QED) is 0.273. The van der Waals surface area contributed by atoms with E-state index < -0.39 is 35.5 Å². The smallest absolute Gasteiger partial charge is 0.360 e. The first-order valence-corrected chi connectivity index (χ1v) is 15.5. The molecule has 236 valence electrons. The largest absolute Gasteiger partial charge is 0.469 e. The normalized spacial score (nSPS) is 22.4. The number of amides is 1. The average Bonchev–Trinajstić information content (AvgIpc) is 3.72. The number of carbonyl (C=O) groups is 3. The van der Waals surface area contributed by atoms with Crippen molar-refractivity contribution in [3.05, 3.63) is 112 Å². The predicted molar refractivity (Wildman–Crippen MR) is 167 cm³/mol. The molecule has 46 heavy (non-hydrogen) atoms. The molecule has 10 nitrogen and oxygen atoms in total. The highest BCUT2D eigenvalue weighted by atomic mass is 16.5. The van der Waals surface area contributed by atoms with Crippen LogP contribution in [0.2, 0.25) is 0 Å². The molecule has 10 heteroatoms. The fourth-order valence-electron chi connectivity index (χ4n) is 6.88. The third kappa shape index (κ3) is 4.71. The van der Waals surface area contributed by atoms with Crippen molar-refractivity contribution in [2.75, 3.05) is 12.4 Å². The molecule has 4 heterocycles. The zero-order valence-corrected chi connectivity index (χ0v) is 26.1. The lowest BCUT2D eigenvalue weighted by Gasteiger charge is -2.28. The molecule has 7 rings (SSSR count). The Hall–Kier alpha value is -5.12. The van der Waals surface area contributed by atoms with Gasteiger partial charge in [0.2, 0.25) is 11.8 Å². The minimum atomic E-state index is -1.09. The molecule has 0 radical (unpaired) electrons. The topological polar surface area (TPSA) is 129 Å². The second kappa shape index (κ2) is 11.3. The summed E-state index contributed by atoms with van der Waals surface area (Å²) in [5.74, 6) is -1.34. The summed E-state index contributed by atoms with van der Waals surface area (Å²) in [5, 5.41) is 6.62. The zero-order chi connectivity index (χ0) is 32.2. The van der Waals surface area contributed by atoms with Crippen molar-refractivity contribution in [3.63, 3.8) is 0 Å². The Bertz CT molecular complexity index is 1850. The molecule has 3 aliphatic heterocycles. The van der Waals surface area contributed by atoms with Crippen LogP contribution in [0, 0.1) is 18.8 Å². The number of benzene rings is 3. The van der Waals surface area contributed by atoms with Crippen LogP contribution in [0.3, 0.4) is 0 Å². The van der Waals surface area contributed by atoms with E-state index in [1.165, 1.54) is 7.11 Å². The molecule has 1 spiro atoms. The SMILES string of the molecule is COC(=O)c1nc2oc1C13c4cc(ccc4O[C@@H]1Nc1c(C)cccc13)C[C@H](CC(=O)OCc1ccccc1)C(=O)N[C@H]2C(C)C. The molecule has 0 aliphatic carbocycles. The molecule has 4 bridgehead atoms. The number of ether oxygens (including phenoxy) is 3. The summed E-state index contributed by atoms with van der Waals surface area (Å²) in [4.78, 5) is 45.1. The highest BCUT2D eigenvalue weighted by molar-refractivity contribution is 5.91. The fourth-order valence-corrected chi connectivity index (χ4v) is 6.88. The van der Waals surface area contributed by atoms with Gasteiger partial charge in [-0.1, -0.05) is 74.5 Å². The minimum Gasteiger partial charge on any atom is -0.469 e. The van der Waals surface area contributed by atoms with Gasteiger partial charge in [-0.15, -0.1) is 0 Å². The number of esters is 2. The third-order valence-corrected chi connectivity index (χ3v) is 9.20. The van der Waals surface area contributed by atoms with Crippen molar-refractivity contribution in [1.82, 2.24) is 10.3 Å². The van der Waals surface area contributed by atoms with Crippen molar-refractivity contribution in [2.24, 2.45) is 11.8 Å². The Morgan fingerprint density at radius 2 is 1.85 bits per heavy atom. The maximum Gasteiger partial charge on any atom is 0.360 e. The van der Waals surface area contributed by atoms with Crippen LogP contribution >= 0.6 is 0 Å². The number of aromatic nitrogens is 1. The molecule has 3 aromatic carbocycles. The first-order chi connectivity index (χ1) is 22.2. The lowest BCUT2D eigenvalue weighted by molar-refractivity contribution is -0.148. The second-order valence-electron chi connectivity index (χ2n) is 12.5. The van der Waals surface area contributed by atoms with Crippen molar-refractivity contribution in [3.8, 4) is 5.75 Å². The number of oxazole rings is 1. The first-order valence-electron chi connectivity index (χ1n) is 15.5. The summed E-state index contributed by atoms with van der Waals surface area (Å²) in [6.45, 7) is 5.98. The average molecular weight is 622 g/mol. The molecule has 2 N–H and O–H groups in total.